The molecule has 0 fully saturated rings. The van der Waals surface area contributed by atoms with E-state index >= 15 is 0 Å². The minimum absolute atomic E-state index is 0.605. The lowest BCUT2D eigenvalue weighted by Gasteiger charge is -2.12. The normalized spacial score (nSPS) is 13.5. The predicted octanol–water partition coefficient (Wildman–Crippen LogP) is 3.84. The number of unbranched alkanes of at least 4 members (excludes halogenated alkanes) is 1. The van der Waals surface area contributed by atoms with E-state index in [-0.39, 0.29) is 0 Å². The van der Waals surface area contributed by atoms with E-state index in [4.69, 9.17) is 0 Å². The molecule has 0 bridgehead atoms. The van der Waals surface area contributed by atoms with Gasteiger partial charge in [-0.15, -0.1) is 6.58 Å². The first kappa shape index (κ1) is 10.7. The Morgan fingerprint density at radius 3 is 2.45 bits per heavy atom. The van der Waals surface area contributed by atoms with Crippen LogP contribution in [0.4, 0.5) is 0 Å². The largest absolute Gasteiger partial charge is 0.103 e. The van der Waals surface area contributed by atoms with E-state index in [0.29, 0.717) is 5.92 Å². The molecule has 0 aromatic carbocycles. The Morgan fingerprint density at radius 1 is 1.36 bits per heavy atom. The topological polar surface area (TPSA) is 0 Å². The first-order valence-corrected chi connectivity index (χ1v) is 4.60. The van der Waals surface area contributed by atoms with Gasteiger partial charge in [0.2, 0.25) is 0 Å². The number of rotatable bonds is 6. The molecule has 2 unspecified atom stereocenters. The van der Waals surface area contributed by atoms with Crippen LogP contribution in [0.25, 0.3) is 0 Å². The summed E-state index contributed by atoms with van der Waals surface area (Å²) in [7, 11) is 0. The van der Waals surface area contributed by atoms with Gasteiger partial charge in [-0.25, -0.2) is 0 Å². The molecular weight excluding hydrogens is 132 g/mol. The Morgan fingerprint density at radius 2 is 2.00 bits per heavy atom. The molecule has 2 atom stereocenters. The van der Waals surface area contributed by atoms with Gasteiger partial charge >= 0.3 is 0 Å². The fraction of sp³-hybridized carbons (Fsp3) is 0.727. The average molecular weight is 153 g/mol. The molecule has 0 amide bonds. The van der Waals surface area contributed by atoms with E-state index in [1.54, 1.807) is 0 Å². The minimum atomic E-state index is 0.605. The molecule has 0 aliphatic heterocycles. The van der Waals surface area contributed by atoms with Crippen molar-refractivity contribution in [3.05, 3.63) is 19.6 Å². The summed E-state index contributed by atoms with van der Waals surface area (Å²) in [6.45, 7) is 12.2. The van der Waals surface area contributed by atoms with Crippen LogP contribution >= 0.6 is 0 Å². The van der Waals surface area contributed by atoms with Gasteiger partial charge in [-0.1, -0.05) is 33.3 Å². The third-order valence-corrected chi connectivity index (χ3v) is 1.91. The highest BCUT2D eigenvalue weighted by Gasteiger charge is 2.03. The quantitative estimate of drug-likeness (QED) is 0.402. The van der Waals surface area contributed by atoms with Crippen LogP contribution in [-0.4, -0.2) is 0 Å². The molecule has 0 aromatic rings. The monoisotopic (exact) mass is 153 g/mol. The summed E-state index contributed by atoms with van der Waals surface area (Å²) in [6.07, 6.45) is 7.04. The molecule has 0 aliphatic carbocycles. The highest BCUT2D eigenvalue weighted by Crippen LogP contribution is 2.16. The summed E-state index contributed by atoms with van der Waals surface area (Å²) in [4.78, 5) is 0. The van der Waals surface area contributed by atoms with Crippen molar-refractivity contribution in [3.63, 3.8) is 0 Å². The lowest BCUT2D eigenvalue weighted by molar-refractivity contribution is 0.427. The zero-order chi connectivity index (χ0) is 8.69. The summed E-state index contributed by atoms with van der Waals surface area (Å²) in [5, 5.41) is 0. The fourth-order valence-corrected chi connectivity index (χ4v) is 1.42. The molecule has 0 heterocycles. The second kappa shape index (κ2) is 6.45. The van der Waals surface area contributed by atoms with E-state index in [2.05, 4.69) is 27.4 Å². The molecular formula is C11H21. The maximum Gasteiger partial charge on any atom is -0.0353 e. The van der Waals surface area contributed by atoms with Crippen molar-refractivity contribution in [2.24, 2.45) is 11.8 Å². The zero-order valence-electron chi connectivity index (χ0n) is 7.97. The van der Waals surface area contributed by atoms with Gasteiger partial charge in [-0.05, 0) is 31.1 Å². The lowest BCUT2D eigenvalue weighted by atomic mass is 9.94. The molecule has 11 heavy (non-hydrogen) atoms. The van der Waals surface area contributed by atoms with E-state index in [9.17, 15) is 0 Å². The molecule has 65 valence electrons. The zero-order valence-corrected chi connectivity index (χ0v) is 7.97. The molecule has 0 rings (SSSR count). The van der Waals surface area contributed by atoms with Gasteiger partial charge in [0, 0.05) is 0 Å². The standard InChI is InChI=1S/C11H21/c1-5-6-7-8-11(4)9-10(2)3/h5,10-11H,1-2,6-9H2,3-4H3. The Hall–Kier alpha value is -0.260. The third-order valence-electron chi connectivity index (χ3n) is 1.91. The highest BCUT2D eigenvalue weighted by molar-refractivity contribution is 4.67. The van der Waals surface area contributed by atoms with Crippen molar-refractivity contribution >= 4 is 0 Å². The maximum absolute atomic E-state index is 3.99. The van der Waals surface area contributed by atoms with Gasteiger partial charge in [-0.2, -0.15) is 0 Å². The number of hydrogen-bond donors (Lipinski definition) is 0. The van der Waals surface area contributed by atoms with E-state index in [1.807, 2.05) is 6.08 Å². The SMILES string of the molecule is [CH2]C(C)CC(C)CCCC=C. The molecule has 0 nitrogen and oxygen atoms in total. The van der Waals surface area contributed by atoms with Gasteiger partial charge in [0.1, 0.15) is 0 Å². The average Bonchev–Trinajstić information content (AvgIpc) is 1.86. The van der Waals surface area contributed by atoms with Gasteiger partial charge < -0.3 is 0 Å². The second-order valence-corrected chi connectivity index (χ2v) is 3.67. The van der Waals surface area contributed by atoms with Crippen molar-refractivity contribution in [3.8, 4) is 0 Å². The first-order chi connectivity index (χ1) is 5.16. The van der Waals surface area contributed by atoms with Crippen molar-refractivity contribution < 1.29 is 0 Å². The summed E-state index contributed by atoms with van der Waals surface area (Å²) in [5.74, 6) is 1.44. The van der Waals surface area contributed by atoms with Crippen LogP contribution < -0.4 is 0 Å². The number of allylic oxidation sites excluding steroid dienone is 1. The third kappa shape index (κ3) is 7.64. The van der Waals surface area contributed by atoms with Crippen LogP contribution in [0.2, 0.25) is 0 Å². The fourth-order valence-electron chi connectivity index (χ4n) is 1.42. The van der Waals surface area contributed by atoms with Crippen LogP contribution in [0.3, 0.4) is 0 Å². The smallest absolute Gasteiger partial charge is 0.0353 e. The molecule has 0 saturated heterocycles. The molecule has 0 aromatic heterocycles. The Balaban J connectivity index is 3.21. The Labute approximate surface area is 71.7 Å². The Bertz CT molecular complexity index is 92.2. The van der Waals surface area contributed by atoms with E-state index < -0.39 is 0 Å². The molecule has 0 N–H and O–H groups in total. The van der Waals surface area contributed by atoms with Crippen molar-refractivity contribution in [1.29, 1.82) is 0 Å². The van der Waals surface area contributed by atoms with Crippen LogP contribution in [0.5, 0.6) is 0 Å². The predicted molar refractivity (Wildman–Crippen MR) is 52.4 cm³/mol. The summed E-state index contributed by atoms with van der Waals surface area (Å²) in [5.41, 5.74) is 0. The van der Waals surface area contributed by atoms with Gasteiger partial charge in [0.25, 0.3) is 0 Å². The molecule has 1 radical (unpaired) electrons. The maximum atomic E-state index is 3.99. The van der Waals surface area contributed by atoms with E-state index in [1.165, 1.54) is 19.3 Å². The lowest BCUT2D eigenvalue weighted by Crippen LogP contribution is -1.99. The van der Waals surface area contributed by atoms with Crippen LogP contribution in [-0.2, 0) is 0 Å². The second-order valence-electron chi connectivity index (χ2n) is 3.67. The van der Waals surface area contributed by atoms with E-state index in [0.717, 1.165) is 12.3 Å². The Kier molecular flexibility index (Phi) is 6.30. The summed E-state index contributed by atoms with van der Waals surface area (Å²) >= 11 is 0. The molecule has 0 heteroatoms. The number of hydrogen-bond acceptors (Lipinski definition) is 0. The van der Waals surface area contributed by atoms with Crippen LogP contribution in [0.15, 0.2) is 12.7 Å². The summed E-state index contributed by atoms with van der Waals surface area (Å²) in [6, 6.07) is 0. The van der Waals surface area contributed by atoms with Crippen LogP contribution in [0, 0.1) is 18.8 Å². The molecule has 0 saturated carbocycles. The van der Waals surface area contributed by atoms with Gasteiger partial charge in [0.05, 0.1) is 0 Å². The molecule has 0 aliphatic rings. The highest BCUT2D eigenvalue weighted by atomic mass is 14.1. The summed E-state index contributed by atoms with van der Waals surface area (Å²) < 4.78 is 0. The molecule has 0 spiro atoms. The van der Waals surface area contributed by atoms with Gasteiger partial charge in [0.15, 0.2) is 0 Å². The van der Waals surface area contributed by atoms with Crippen molar-refractivity contribution in [2.75, 3.05) is 0 Å². The van der Waals surface area contributed by atoms with Crippen LogP contribution in [0.1, 0.15) is 39.5 Å². The minimum Gasteiger partial charge on any atom is -0.103 e. The van der Waals surface area contributed by atoms with Crippen molar-refractivity contribution in [2.45, 2.75) is 39.5 Å². The van der Waals surface area contributed by atoms with Crippen molar-refractivity contribution in [1.82, 2.24) is 0 Å². The van der Waals surface area contributed by atoms with Gasteiger partial charge in [-0.3, -0.25) is 0 Å². The first-order valence-electron chi connectivity index (χ1n) is 4.60.